The molecule has 0 aromatic heterocycles. The molecule has 0 radical (unpaired) electrons. The number of nitrogens with zero attached hydrogens (tertiary/aromatic N) is 1. The van der Waals surface area contributed by atoms with E-state index in [9.17, 15) is 8.76 Å². The Morgan fingerprint density at radius 2 is 2.45 bits per heavy atom. The van der Waals surface area contributed by atoms with Crippen LogP contribution in [0.4, 0.5) is 0 Å². The van der Waals surface area contributed by atoms with Crippen molar-refractivity contribution in [2.45, 2.75) is 32.3 Å². The Balaban J connectivity index is 3.60. The molecule has 0 aromatic carbocycles. The molecule has 0 bridgehead atoms. The molecule has 0 saturated carbocycles. The fourth-order valence-corrected chi connectivity index (χ4v) is 0.947. The van der Waals surface area contributed by atoms with Crippen LogP contribution in [0.2, 0.25) is 0 Å². The number of nitriles is 1. The first-order valence-corrected chi connectivity index (χ1v) is 4.36. The summed E-state index contributed by atoms with van der Waals surface area (Å²) in [5, 5.41) is 8.35. The first-order valence-electron chi connectivity index (χ1n) is 3.36. The van der Waals surface area contributed by atoms with E-state index in [4.69, 9.17) is 5.26 Å². The predicted molar refractivity (Wildman–Crippen MR) is 38.9 cm³/mol. The van der Waals surface area contributed by atoms with E-state index in [0.717, 1.165) is 12.8 Å². The van der Waals surface area contributed by atoms with Gasteiger partial charge in [-0.05, 0) is 6.42 Å². The van der Waals surface area contributed by atoms with E-state index in [1.54, 1.807) is 6.07 Å². The van der Waals surface area contributed by atoms with Gasteiger partial charge in [0.25, 0.3) is 0 Å². The summed E-state index contributed by atoms with van der Waals surface area (Å²) in [7, 11) is 0. The molecule has 2 unspecified atom stereocenters. The van der Waals surface area contributed by atoms with Crippen molar-refractivity contribution in [3.05, 3.63) is 0 Å². The van der Waals surface area contributed by atoms with Crippen molar-refractivity contribution < 1.29 is 12.9 Å². The molecule has 11 heavy (non-hydrogen) atoms. The molecule has 0 amide bonds. The minimum Gasteiger partial charge on any atom is -0.750 e. The molecule has 64 valence electrons. The normalized spacial score (nSPS) is 15.4. The van der Waals surface area contributed by atoms with E-state index in [0.29, 0.717) is 6.42 Å². The summed E-state index contributed by atoms with van der Waals surface area (Å²) in [4.78, 5) is 0. The third-order valence-electron chi connectivity index (χ3n) is 1.16. The number of hydrogen-bond acceptors (Lipinski definition) is 4. The largest absolute Gasteiger partial charge is 0.750 e. The van der Waals surface area contributed by atoms with Crippen LogP contribution in [-0.2, 0) is 15.5 Å². The molecule has 0 aromatic rings. The Labute approximate surface area is 68.7 Å². The van der Waals surface area contributed by atoms with Crippen molar-refractivity contribution in [1.82, 2.24) is 0 Å². The maximum absolute atomic E-state index is 9.96. The summed E-state index contributed by atoms with van der Waals surface area (Å²) < 4.78 is 24.2. The van der Waals surface area contributed by atoms with Crippen LogP contribution in [-0.4, -0.2) is 14.9 Å². The Bertz CT molecular complexity index is 166. The lowest BCUT2D eigenvalue weighted by molar-refractivity contribution is 0.236. The number of unbranched alkanes of at least 4 members (excludes halogenated alkanes) is 1. The van der Waals surface area contributed by atoms with E-state index in [1.807, 2.05) is 6.92 Å². The molecular weight excluding hydrogens is 166 g/mol. The molecule has 2 atom stereocenters. The second-order valence-electron chi connectivity index (χ2n) is 2.06. The molecule has 0 aliphatic heterocycles. The van der Waals surface area contributed by atoms with Crippen molar-refractivity contribution in [2.24, 2.45) is 0 Å². The highest BCUT2D eigenvalue weighted by atomic mass is 32.2. The smallest absolute Gasteiger partial charge is 0.160 e. The number of rotatable bonds is 5. The standard InChI is InChI=1S/C6H11NO3S/c1-2-3-4-6(5-7)10-11(8)9/h6H,2-4H2,1H3,(H,8,9)/p-1. The summed E-state index contributed by atoms with van der Waals surface area (Å²) in [6.45, 7) is 1.96. The van der Waals surface area contributed by atoms with Gasteiger partial charge in [-0.2, -0.15) is 5.26 Å². The SMILES string of the molecule is CCCCC(C#N)OS(=O)[O-]. The first kappa shape index (κ1) is 10.6. The van der Waals surface area contributed by atoms with Crippen molar-refractivity contribution in [3.63, 3.8) is 0 Å². The molecule has 0 spiro atoms. The molecule has 0 fully saturated rings. The highest BCUT2D eigenvalue weighted by Gasteiger charge is 2.06. The zero-order chi connectivity index (χ0) is 8.69. The molecule has 0 aliphatic rings. The highest BCUT2D eigenvalue weighted by Crippen LogP contribution is 2.04. The van der Waals surface area contributed by atoms with Gasteiger partial charge in [0.2, 0.25) is 0 Å². The molecule has 0 N–H and O–H groups in total. The van der Waals surface area contributed by atoms with Crippen molar-refractivity contribution in [1.29, 1.82) is 5.26 Å². The molecule has 0 rings (SSSR count). The van der Waals surface area contributed by atoms with E-state index < -0.39 is 17.5 Å². The second kappa shape index (κ2) is 6.28. The Morgan fingerprint density at radius 3 is 2.82 bits per heavy atom. The van der Waals surface area contributed by atoms with E-state index in [2.05, 4.69) is 4.18 Å². The lowest BCUT2D eigenvalue weighted by atomic mass is 10.2. The van der Waals surface area contributed by atoms with E-state index in [-0.39, 0.29) is 0 Å². The fourth-order valence-electron chi connectivity index (χ4n) is 0.619. The fraction of sp³-hybridized carbons (Fsp3) is 0.833. The van der Waals surface area contributed by atoms with Crippen molar-refractivity contribution in [3.8, 4) is 6.07 Å². The maximum atomic E-state index is 9.96. The highest BCUT2D eigenvalue weighted by molar-refractivity contribution is 7.74. The average molecular weight is 176 g/mol. The average Bonchev–Trinajstić information content (AvgIpc) is 1.97. The van der Waals surface area contributed by atoms with Crippen LogP contribution in [0.3, 0.4) is 0 Å². The first-order chi connectivity index (χ1) is 5.20. The molecule has 0 saturated heterocycles. The third kappa shape index (κ3) is 5.98. The van der Waals surface area contributed by atoms with Crippen LogP contribution in [0.1, 0.15) is 26.2 Å². The molecule has 4 nitrogen and oxygen atoms in total. The molecular formula is C6H10NO3S-. The summed E-state index contributed by atoms with van der Waals surface area (Å²) in [5.41, 5.74) is 0. The number of hydrogen-bond donors (Lipinski definition) is 0. The van der Waals surface area contributed by atoms with Gasteiger partial charge in [-0.15, -0.1) is 0 Å². The van der Waals surface area contributed by atoms with Crippen molar-refractivity contribution in [2.75, 3.05) is 0 Å². The second-order valence-corrected chi connectivity index (χ2v) is 2.66. The van der Waals surface area contributed by atoms with Gasteiger partial charge in [0, 0.05) is 0 Å². The van der Waals surface area contributed by atoms with E-state index in [1.165, 1.54) is 0 Å². The van der Waals surface area contributed by atoms with Crippen LogP contribution in [0.15, 0.2) is 0 Å². The minimum absolute atomic E-state index is 0.473. The van der Waals surface area contributed by atoms with Gasteiger partial charge in [0.15, 0.2) is 6.10 Å². The minimum atomic E-state index is -2.57. The van der Waals surface area contributed by atoms with Gasteiger partial charge >= 0.3 is 0 Å². The molecule has 5 heteroatoms. The van der Waals surface area contributed by atoms with Crippen LogP contribution in [0.5, 0.6) is 0 Å². The predicted octanol–water partition coefficient (Wildman–Crippen LogP) is 0.879. The van der Waals surface area contributed by atoms with Gasteiger partial charge in [-0.3, -0.25) is 4.18 Å². The summed E-state index contributed by atoms with van der Waals surface area (Å²) in [6, 6.07) is 1.75. The Morgan fingerprint density at radius 1 is 1.82 bits per heavy atom. The topological polar surface area (TPSA) is 73.1 Å². The summed E-state index contributed by atoms with van der Waals surface area (Å²) >= 11 is -2.57. The van der Waals surface area contributed by atoms with Gasteiger partial charge in [0.05, 0.1) is 17.4 Å². The van der Waals surface area contributed by atoms with Crippen LogP contribution in [0.25, 0.3) is 0 Å². The third-order valence-corrected chi connectivity index (χ3v) is 1.55. The lowest BCUT2D eigenvalue weighted by Crippen LogP contribution is -2.11. The summed E-state index contributed by atoms with van der Waals surface area (Å²) in [6.07, 6.45) is 1.39. The van der Waals surface area contributed by atoms with Crippen molar-refractivity contribution >= 4 is 11.4 Å². The van der Waals surface area contributed by atoms with Gasteiger partial charge in [-0.1, -0.05) is 19.8 Å². The van der Waals surface area contributed by atoms with Gasteiger partial charge in [-0.25, -0.2) is 4.21 Å². The monoisotopic (exact) mass is 176 g/mol. The molecule has 0 heterocycles. The van der Waals surface area contributed by atoms with Crippen LogP contribution in [0, 0.1) is 11.3 Å². The Kier molecular flexibility index (Phi) is 6.03. The Hall–Kier alpha value is -0.440. The maximum Gasteiger partial charge on any atom is 0.160 e. The summed E-state index contributed by atoms with van der Waals surface area (Å²) in [5.74, 6) is 0. The zero-order valence-corrected chi connectivity index (χ0v) is 7.10. The quantitative estimate of drug-likeness (QED) is 0.583. The van der Waals surface area contributed by atoms with E-state index >= 15 is 0 Å². The van der Waals surface area contributed by atoms with Crippen LogP contribution >= 0.6 is 0 Å². The molecule has 0 aliphatic carbocycles. The van der Waals surface area contributed by atoms with Gasteiger partial charge < -0.3 is 4.55 Å². The lowest BCUT2D eigenvalue weighted by Gasteiger charge is -2.10. The van der Waals surface area contributed by atoms with Gasteiger partial charge in [0.1, 0.15) is 0 Å². The zero-order valence-electron chi connectivity index (χ0n) is 6.28. The van der Waals surface area contributed by atoms with Crippen LogP contribution < -0.4 is 0 Å².